The first kappa shape index (κ1) is 20.7. The van der Waals surface area contributed by atoms with Crippen molar-refractivity contribution in [2.45, 2.75) is 25.9 Å². The van der Waals surface area contributed by atoms with Crippen molar-refractivity contribution in [3.63, 3.8) is 0 Å². The molecule has 0 radical (unpaired) electrons. The van der Waals surface area contributed by atoms with E-state index in [4.69, 9.17) is 18.9 Å². The van der Waals surface area contributed by atoms with Crippen LogP contribution in [0.25, 0.3) is 0 Å². The molecule has 9 nitrogen and oxygen atoms in total. The lowest BCUT2D eigenvalue weighted by molar-refractivity contribution is -0.138. The van der Waals surface area contributed by atoms with Gasteiger partial charge in [0.15, 0.2) is 0 Å². The highest BCUT2D eigenvalue weighted by Crippen LogP contribution is 2.17. The Morgan fingerprint density at radius 1 is 1.17 bits per heavy atom. The lowest BCUT2D eigenvalue weighted by atomic mass is 10.1. The van der Waals surface area contributed by atoms with Crippen molar-refractivity contribution in [2.75, 3.05) is 33.0 Å². The predicted octanol–water partition coefficient (Wildman–Crippen LogP) is 1.53. The molecule has 3 rings (SSSR count). The summed E-state index contributed by atoms with van der Waals surface area (Å²) < 4.78 is 21.4. The summed E-state index contributed by atoms with van der Waals surface area (Å²) in [6.07, 6.45) is 2.14. The smallest absolute Gasteiger partial charge is 0.338 e. The normalized spacial score (nSPS) is 18.7. The fourth-order valence-corrected chi connectivity index (χ4v) is 2.94. The van der Waals surface area contributed by atoms with Gasteiger partial charge < -0.3 is 29.6 Å². The number of amides is 2. The maximum atomic E-state index is 12.3. The van der Waals surface area contributed by atoms with Crippen LogP contribution in [0.5, 0.6) is 5.75 Å². The standard InChI is InChI=1S/C20H24N2O7/c1-2-26-19(24)16-10-21-20(25)22-17(16)12-29-18(23)13-5-7-14(8-6-13)28-11-15-4-3-9-27-15/h5-8,15H,2-4,9-12H2,1H3,(H2,21,22,25). The minimum atomic E-state index is -0.584. The van der Waals surface area contributed by atoms with Crippen LogP contribution in [-0.2, 0) is 19.0 Å². The van der Waals surface area contributed by atoms with Gasteiger partial charge in [-0.25, -0.2) is 14.4 Å². The van der Waals surface area contributed by atoms with Crippen molar-refractivity contribution in [2.24, 2.45) is 0 Å². The molecular formula is C20H24N2O7. The van der Waals surface area contributed by atoms with Gasteiger partial charge in [-0.3, -0.25) is 0 Å². The van der Waals surface area contributed by atoms with E-state index in [1.165, 1.54) is 0 Å². The minimum Gasteiger partial charge on any atom is -0.491 e. The zero-order chi connectivity index (χ0) is 20.6. The molecule has 2 N–H and O–H groups in total. The molecule has 0 saturated carbocycles. The largest absolute Gasteiger partial charge is 0.491 e. The molecule has 0 spiro atoms. The number of hydrogen-bond donors (Lipinski definition) is 2. The van der Waals surface area contributed by atoms with Crippen LogP contribution in [0, 0.1) is 0 Å². The average Bonchev–Trinajstić information content (AvgIpc) is 3.25. The molecule has 0 bridgehead atoms. The molecule has 1 aromatic rings. The van der Waals surface area contributed by atoms with Gasteiger partial charge in [-0.15, -0.1) is 0 Å². The molecule has 2 aliphatic rings. The van der Waals surface area contributed by atoms with E-state index in [0.717, 1.165) is 19.4 Å². The fraction of sp³-hybridized carbons (Fsp3) is 0.450. The third-order valence-electron chi connectivity index (χ3n) is 4.47. The molecule has 2 aliphatic heterocycles. The highest BCUT2D eigenvalue weighted by Gasteiger charge is 2.24. The summed E-state index contributed by atoms with van der Waals surface area (Å²) in [4.78, 5) is 35.8. The molecule has 0 aromatic heterocycles. The lowest BCUT2D eigenvalue weighted by Crippen LogP contribution is -2.45. The van der Waals surface area contributed by atoms with Crippen LogP contribution >= 0.6 is 0 Å². The number of nitrogens with one attached hydrogen (secondary N) is 2. The Bertz CT molecular complexity index is 783. The van der Waals surface area contributed by atoms with E-state index in [9.17, 15) is 14.4 Å². The van der Waals surface area contributed by atoms with Crippen molar-refractivity contribution in [3.05, 3.63) is 41.1 Å². The summed E-state index contributed by atoms with van der Waals surface area (Å²) >= 11 is 0. The van der Waals surface area contributed by atoms with Crippen molar-refractivity contribution in [3.8, 4) is 5.75 Å². The number of urea groups is 1. The monoisotopic (exact) mass is 404 g/mol. The highest BCUT2D eigenvalue weighted by atomic mass is 16.5. The van der Waals surface area contributed by atoms with E-state index >= 15 is 0 Å². The van der Waals surface area contributed by atoms with Crippen LogP contribution in [0.2, 0.25) is 0 Å². The van der Waals surface area contributed by atoms with Crippen LogP contribution in [0.15, 0.2) is 35.5 Å². The van der Waals surface area contributed by atoms with Gasteiger partial charge in [0.2, 0.25) is 0 Å². The number of hydrogen-bond acceptors (Lipinski definition) is 7. The second-order valence-corrected chi connectivity index (χ2v) is 6.53. The summed E-state index contributed by atoms with van der Waals surface area (Å²) in [6, 6.07) is 6.07. The Kier molecular flexibility index (Phi) is 7.07. The van der Waals surface area contributed by atoms with E-state index in [0.29, 0.717) is 17.9 Å². The molecule has 1 unspecified atom stereocenters. The van der Waals surface area contributed by atoms with Gasteiger partial charge in [-0.1, -0.05) is 0 Å². The Morgan fingerprint density at radius 2 is 1.97 bits per heavy atom. The predicted molar refractivity (Wildman–Crippen MR) is 101 cm³/mol. The molecule has 29 heavy (non-hydrogen) atoms. The first-order valence-electron chi connectivity index (χ1n) is 9.52. The van der Waals surface area contributed by atoms with E-state index in [1.807, 2.05) is 0 Å². The van der Waals surface area contributed by atoms with Gasteiger partial charge in [-0.2, -0.15) is 0 Å². The Hall–Kier alpha value is -3.07. The van der Waals surface area contributed by atoms with Gasteiger partial charge in [0, 0.05) is 6.61 Å². The van der Waals surface area contributed by atoms with Crippen molar-refractivity contribution < 1.29 is 33.3 Å². The van der Waals surface area contributed by atoms with Crippen LogP contribution in [0.1, 0.15) is 30.1 Å². The summed E-state index contributed by atoms with van der Waals surface area (Å²) in [5.74, 6) is -0.520. The fourth-order valence-electron chi connectivity index (χ4n) is 2.94. The number of carbonyl (C=O) groups excluding carboxylic acids is 3. The number of carbonyl (C=O) groups is 3. The minimum absolute atomic E-state index is 0.00823. The van der Waals surface area contributed by atoms with Crippen LogP contribution < -0.4 is 15.4 Å². The number of esters is 2. The van der Waals surface area contributed by atoms with Crippen molar-refractivity contribution in [1.82, 2.24) is 10.6 Å². The maximum Gasteiger partial charge on any atom is 0.338 e. The Balaban J connectivity index is 1.55. The summed E-state index contributed by atoms with van der Waals surface area (Å²) in [5.41, 5.74) is 0.752. The molecule has 2 amide bonds. The molecule has 0 aliphatic carbocycles. The van der Waals surface area contributed by atoms with Gasteiger partial charge in [0.05, 0.1) is 36.1 Å². The highest BCUT2D eigenvalue weighted by molar-refractivity contribution is 5.94. The molecule has 156 valence electrons. The zero-order valence-corrected chi connectivity index (χ0v) is 16.2. The molecular weight excluding hydrogens is 380 g/mol. The number of rotatable bonds is 8. The summed E-state index contributed by atoms with van der Waals surface area (Å²) in [7, 11) is 0. The Labute approximate surface area is 168 Å². The quantitative estimate of drug-likeness (QED) is 0.632. The van der Waals surface area contributed by atoms with E-state index in [2.05, 4.69) is 10.6 Å². The Morgan fingerprint density at radius 3 is 2.66 bits per heavy atom. The summed E-state index contributed by atoms with van der Waals surface area (Å²) in [5, 5.41) is 4.97. The lowest BCUT2D eigenvalue weighted by Gasteiger charge is -2.21. The maximum absolute atomic E-state index is 12.3. The van der Waals surface area contributed by atoms with Gasteiger partial charge in [0.25, 0.3) is 0 Å². The molecule has 1 saturated heterocycles. The molecule has 9 heteroatoms. The van der Waals surface area contributed by atoms with Crippen molar-refractivity contribution in [1.29, 1.82) is 0 Å². The van der Waals surface area contributed by atoms with E-state index in [1.54, 1.807) is 31.2 Å². The molecule has 1 fully saturated rings. The summed E-state index contributed by atoms with van der Waals surface area (Å²) in [6.45, 7) is 2.88. The average molecular weight is 404 g/mol. The topological polar surface area (TPSA) is 112 Å². The van der Waals surface area contributed by atoms with Crippen LogP contribution in [0.3, 0.4) is 0 Å². The molecule has 1 aromatic carbocycles. The number of ether oxygens (including phenoxy) is 4. The van der Waals surface area contributed by atoms with E-state index < -0.39 is 18.0 Å². The third kappa shape index (κ3) is 5.71. The second kappa shape index (κ2) is 9.92. The number of benzene rings is 1. The second-order valence-electron chi connectivity index (χ2n) is 6.53. The van der Waals surface area contributed by atoms with Gasteiger partial charge in [-0.05, 0) is 44.0 Å². The first-order chi connectivity index (χ1) is 14.1. The molecule has 2 heterocycles. The van der Waals surface area contributed by atoms with Gasteiger partial charge in [0.1, 0.15) is 19.0 Å². The van der Waals surface area contributed by atoms with Gasteiger partial charge >= 0.3 is 18.0 Å². The molecule has 1 atom stereocenters. The van der Waals surface area contributed by atoms with Crippen LogP contribution in [-0.4, -0.2) is 57.0 Å². The first-order valence-corrected chi connectivity index (χ1v) is 9.52. The van der Waals surface area contributed by atoms with Crippen LogP contribution in [0.4, 0.5) is 4.79 Å². The van der Waals surface area contributed by atoms with Crippen molar-refractivity contribution >= 4 is 18.0 Å². The third-order valence-corrected chi connectivity index (χ3v) is 4.47. The SMILES string of the molecule is CCOC(=O)C1=C(COC(=O)c2ccc(OCC3CCCO3)cc2)NC(=O)NC1. The zero-order valence-electron chi connectivity index (χ0n) is 16.2. The van der Waals surface area contributed by atoms with E-state index in [-0.39, 0.29) is 37.1 Å².